The first kappa shape index (κ1) is 21.3. The lowest BCUT2D eigenvalue weighted by molar-refractivity contribution is 0.0868. The Labute approximate surface area is 192 Å². The van der Waals surface area contributed by atoms with Crippen molar-refractivity contribution in [3.63, 3.8) is 0 Å². The molecule has 2 N–H and O–H groups in total. The molecule has 1 aromatic carbocycles. The highest BCUT2D eigenvalue weighted by molar-refractivity contribution is 5.98. The Morgan fingerprint density at radius 3 is 2.70 bits per heavy atom. The lowest BCUT2D eigenvalue weighted by Crippen LogP contribution is -2.39. The molecule has 5 rings (SSSR count). The second kappa shape index (κ2) is 9.52. The van der Waals surface area contributed by atoms with Gasteiger partial charge in [0.25, 0.3) is 5.91 Å². The second-order valence-corrected chi connectivity index (χ2v) is 8.90. The summed E-state index contributed by atoms with van der Waals surface area (Å²) in [7, 11) is 0. The molecule has 0 bridgehead atoms. The van der Waals surface area contributed by atoms with Crippen molar-refractivity contribution >= 4 is 28.6 Å². The van der Waals surface area contributed by atoms with Gasteiger partial charge in [0.15, 0.2) is 0 Å². The van der Waals surface area contributed by atoms with Gasteiger partial charge in [-0.1, -0.05) is 6.07 Å². The number of amides is 2. The van der Waals surface area contributed by atoms with Crippen molar-refractivity contribution in [3.05, 3.63) is 60.6 Å². The van der Waals surface area contributed by atoms with Gasteiger partial charge in [-0.15, -0.1) is 0 Å². The summed E-state index contributed by atoms with van der Waals surface area (Å²) in [5.41, 5.74) is 2.74. The quantitative estimate of drug-likeness (QED) is 0.626. The monoisotopic (exact) mass is 447 g/mol. The summed E-state index contributed by atoms with van der Waals surface area (Å²) in [6, 6.07) is 11.6. The van der Waals surface area contributed by atoms with Crippen LogP contribution >= 0.6 is 0 Å². The standard InChI is InChI=1S/C25H29N5O3/c31-24(20-2-1-19-3-11-27-23(19)15-20)28-21-8-14-30(16-21)25(32)33-17-18-6-12-29(13-7-18)22-4-9-26-10-5-22/h1-5,9-11,15,18,21,27H,6-8,12-14,16-17H2,(H,28,31)/t21-/m0/s1. The number of hydrogen-bond donors (Lipinski definition) is 2. The van der Waals surface area contributed by atoms with Crippen molar-refractivity contribution in [3.8, 4) is 0 Å². The highest BCUT2D eigenvalue weighted by Crippen LogP contribution is 2.23. The predicted molar refractivity (Wildman–Crippen MR) is 126 cm³/mol. The van der Waals surface area contributed by atoms with E-state index in [1.54, 1.807) is 4.90 Å². The molecule has 1 atom stereocenters. The maximum Gasteiger partial charge on any atom is 0.409 e. The molecular weight excluding hydrogens is 418 g/mol. The van der Waals surface area contributed by atoms with Gasteiger partial charge in [0.1, 0.15) is 0 Å². The topological polar surface area (TPSA) is 90.6 Å². The van der Waals surface area contributed by atoms with Crippen molar-refractivity contribution in [1.29, 1.82) is 0 Å². The summed E-state index contributed by atoms with van der Waals surface area (Å²) >= 11 is 0. The lowest BCUT2D eigenvalue weighted by atomic mass is 9.97. The highest BCUT2D eigenvalue weighted by Gasteiger charge is 2.29. The number of carbonyl (C=O) groups excluding carboxylic acids is 2. The molecule has 0 unspecified atom stereocenters. The first-order valence-electron chi connectivity index (χ1n) is 11.6. The van der Waals surface area contributed by atoms with E-state index in [-0.39, 0.29) is 18.0 Å². The largest absolute Gasteiger partial charge is 0.449 e. The first-order valence-corrected chi connectivity index (χ1v) is 11.6. The molecule has 0 radical (unpaired) electrons. The van der Waals surface area contributed by atoms with Crippen LogP contribution in [0.3, 0.4) is 0 Å². The Morgan fingerprint density at radius 2 is 1.88 bits per heavy atom. The van der Waals surface area contributed by atoms with Crippen molar-refractivity contribution in [2.45, 2.75) is 25.3 Å². The zero-order valence-electron chi connectivity index (χ0n) is 18.6. The van der Waals surface area contributed by atoms with Crippen molar-refractivity contribution in [2.75, 3.05) is 37.7 Å². The van der Waals surface area contributed by atoms with E-state index >= 15 is 0 Å². The van der Waals surface area contributed by atoms with Gasteiger partial charge in [-0.05, 0) is 60.9 Å². The van der Waals surface area contributed by atoms with Crippen molar-refractivity contribution < 1.29 is 14.3 Å². The number of nitrogens with one attached hydrogen (secondary N) is 2. The Morgan fingerprint density at radius 1 is 1.06 bits per heavy atom. The summed E-state index contributed by atoms with van der Waals surface area (Å²) in [6.45, 7) is 3.44. The summed E-state index contributed by atoms with van der Waals surface area (Å²) in [5, 5.41) is 4.12. The number of piperidine rings is 1. The van der Waals surface area contributed by atoms with E-state index in [9.17, 15) is 9.59 Å². The highest BCUT2D eigenvalue weighted by atomic mass is 16.6. The van der Waals surface area contributed by atoms with Crippen LogP contribution in [-0.4, -0.2) is 65.7 Å². The van der Waals surface area contributed by atoms with Crippen LogP contribution in [0.2, 0.25) is 0 Å². The molecule has 8 heteroatoms. The molecule has 2 aromatic heterocycles. The lowest BCUT2D eigenvalue weighted by Gasteiger charge is -2.33. The fraction of sp³-hybridized carbons (Fsp3) is 0.400. The number of H-pyrrole nitrogens is 1. The third kappa shape index (κ3) is 4.94. The average molecular weight is 448 g/mol. The van der Waals surface area contributed by atoms with Gasteiger partial charge in [-0.2, -0.15) is 0 Å². The molecule has 2 saturated heterocycles. The van der Waals surface area contributed by atoms with Gasteiger partial charge >= 0.3 is 6.09 Å². The third-order valence-electron chi connectivity index (χ3n) is 6.68. The molecule has 8 nitrogen and oxygen atoms in total. The third-order valence-corrected chi connectivity index (χ3v) is 6.68. The number of rotatable bonds is 5. The summed E-state index contributed by atoms with van der Waals surface area (Å²) in [5.74, 6) is 0.265. The minimum absolute atomic E-state index is 0.0620. The van der Waals surface area contributed by atoms with Crippen molar-refractivity contribution in [1.82, 2.24) is 20.2 Å². The average Bonchev–Trinajstić information content (AvgIpc) is 3.52. The Balaban J connectivity index is 1.05. The van der Waals surface area contributed by atoms with Crippen LogP contribution < -0.4 is 10.2 Å². The minimum atomic E-state index is -0.281. The maximum atomic E-state index is 12.6. The van der Waals surface area contributed by atoms with Crippen LogP contribution in [0.4, 0.5) is 10.5 Å². The maximum absolute atomic E-state index is 12.6. The normalized spacial score (nSPS) is 19.1. The fourth-order valence-electron chi connectivity index (χ4n) is 4.69. The molecular formula is C25H29N5O3. The van der Waals surface area contributed by atoms with E-state index in [4.69, 9.17) is 4.74 Å². The number of anilines is 1. The predicted octanol–water partition coefficient (Wildman–Crippen LogP) is 3.42. The van der Waals surface area contributed by atoms with Crippen LogP contribution in [0.15, 0.2) is 55.0 Å². The van der Waals surface area contributed by atoms with Gasteiger partial charge in [-0.3, -0.25) is 9.78 Å². The van der Waals surface area contributed by atoms with E-state index in [1.165, 1.54) is 5.69 Å². The molecule has 2 aliphatic rings. The van der Waals surface area contributed by atoms with Crippen LogP contribution in [-0.2, 0) is 4.74 Å². The molecule has 3 aromatic rings. The van der Waals surface area contributed by atoms with Crippen LogP contribution in [0, 0.1) is 5.92 Å². The Kier molecular flexibility index (Phi) is 6.15. The number of nitrogens with zero attached hydrogens (tertiary/aromatic N) is 3. The number of fused-ring (bicyclic) bond motifs is 1. The minimum Gasteiger partial charge on any atom is -0.449 e. The molecule has 4 heterocycles. The van der Waals surface area contributed by atoms with Crippen molar-refractivity contribution in [2.24, 2.45) is 5.92 Å². The summed E-state index contributed by atoms with van der Waals surface area (Å²) in [6.07, 6.45) is 7.94. The molecule has 2 aliphatic heterocycles. The molecule has 2 fully saturated rings. The first-order chi connectivity index (χ1) is 16.2. The number of pyridine rings is 1. The van der Waals surface area contributed by atoms with E-state index in [1.807, 2.05) is 55.0 Å². The zero-order chi connectivity index (χ0) is 22.6. The number of benzene rings is 1. The van der Waals surface area contributed by atoms with Crippen LogP contribution in [0.5, 0.6) is 0 Å². The summed E-state index contributed by atoms with van der Waals surface area (Å²) < 4.78 is 5.63. The smallest absolute Gasteiger partial charge is 0.409 e. The fourth-order valence-corrected chi connectivity index (χ4v) is 4.69. The van der Waals surface area contributed by atoms with E-state index in [0.717, 1.165) is 43.3 Å². The molecule has 0 saturated carbocycles. The van der Waals surface area contributed by atoms with E-state index in [2.05, 4.69) is 20.2 Å². The molecule has 0 aliphatic carbocycles. The Bertz CT molecular complexity index is 1110. The zero-order valence-corrected chi connectivity index (χ0v) is 18.6. The molecule has 0 spiro atoms. The van der Waals surface area contributed by atoms with Gasteiger partial charge in [0.05, 0.1) is 6.61 Å². The number of hydrogen-bond acceptors (Lipinski definition) is 5. The van der Waals surface area contributed by atoms with E-state index in [0.29, 0.717) is 31.2 Å². The number of aromatic nitrogens is 2. The summed E-state index contributed by atoms with van der Waals surface area (Å²) in [4.78, 5) is 36.4. The van der Waals surface area contributed by atoms with Gasteiger partial charge in [-0.25, -0.2) is 4.79 Å². The number of aromatic amines is 1. The number of ether oxygens (including phenoxy) is 1. The van der Waals surface area contributed by atoms with Crippen LogP contribution in [0.25, 0.3) is 10.9 Å². The van der Waals surface area contributed by atoms with Crippen LogP contribution in [0.1, 0.15) is 29.6 Å². The molecule has 2 amide bonds. The Hall–Kier alpha value is -3.55. The number of carbonyl (C=O) groups is 2. The molecule has 33 heavy (non-hydrogen) atoms. The van der Waals surface area contributed by atoms with Gasteiger partial charge in [0.2, 0.25) is 0 Å². The number of likely N-dealkylation sites (tertiary alicyclic amines) is 1. The van der Waals surface area contributed by atoms with E-state index < -0.39 is 0 Å². The SMILES string of the molecule is O=C(N[C@H]1CCN(C(=O)OCC2CCN(c3ccncc3)CC2)C1)c1ccc2cc[nH]c2c1. The second-order valence-electron chi connectivity index (χ2n) is 8.90. The van der Waals surface area contributed by atoms with Gasteiger partial charge in [0, 0.05) is 67.6 Å². The molecule has 172 valence electrons. The van der Waals surface area contributed by atoms with Gasteiger partial charge < -0.3 is 24.8 Å².